The van der Waals surface area contributed by atoms with E-state index in [9.17, 15) is 29.2 Å². The molecule has 14 heteroatoms. The zero-order valence-corrected chi connectivity index (χ0v) is 23.9. The van der Waals surface area contributed by atoms with Gasteiger partial charge in [0.05, 0.1) is 17.4 Å². The van der Waals surface area contributed by atoms with E-state index < -0.39 is 66.9 Å². The Morgan fingerprint density at radius 1 is 0.951 bits per heavy atom. The first-order valence-electron chi connectivity index (χ1n) is 12.3. The van der Waals surface area contributed by atoms with Gasteiger partial charge in [-0.15, -0.1) is 0 Å². The van der Waals surface area contributed by atoms with Gasteiger partial charge in [-0.1, -0.05) is 12.2 Å². The van der Waals surface area contributed by atoms with Crippen LogP contribution in [-0.4, -0.2) is 65.3 Å². The highest BCUT2D eigenvalue weighted by atomic mass is 32.1. The van der Waals surface area contributed by atoms with Crippen LogP contribution in [0, 0.1) is 22.9 Å². The summed E-state index contributed by atoms with van der Waals surface area (Å²) in [4.78, 5) is 61.1. The van der Waals surface area contributed by atoms with Gasteiger partial charge in [-0.05, 0) is 26.0 Å². The number of hydrogen-bond acceptors (Lipinski definition) is 13. The molecule has 0 aromatic carbocycles. The average molecular weight is 589 g/mol. The third-order valence-corrected chi connectivity index (χ3v) is 6.51. The molecule has 0 unspecified atom stereocenters. The molecule has 0 saturated carbocycles. The third-order valence-electron chi connectivity index (χ3n) is 6.11. The van der Waals surface area contributed by atoms with Crippen molar-refractivity contribution in [2.24, 2.45) is 0 Å². The summed E-state index contributed by atoms with van der Waals surface area (Å²) in [5.41, 5.74) is 0.319. The second-order valence-corrected chi connectivity index (χ2v) is 9.51. The average Bonchev–Trinajstić information content (AvgIpc) is 3.39. The Hall–Kier alpha value is -4.35. The largest absolute Gasteiger partial charge is 0.464 e. The first kappa shape index (κ1) is 31.2. The molecule has 3 rings (SSSR count). The molecule has 1 aliphatic heterocycles. The van der Waals surface area contributed by atoms with E-state index in [4.69, 9.17) is 40.3 Å². The molecule has 0 N–H and O–H groups in total. The monoisotopic (exact) mass is 588 g/mol. The van der Waals surface area contributed by atoms with Crippen molar-refractivity contribution in [1.29, 1.82) is 5.26 Å². The van der Waals surface area contributed by atoms with Gasteiger partial charge in [0.15, 0.2) is 30.3 Å². The van der Waals surface area contributed by atoms with Crippen LogP contribution < -0.4 is 0 Å². The van der Waals surface area contributed by atoms with Crippen molar-refractivity contribution in [3.05, 3.63) is 39.9 Å². The highest BCUT2D eigenvalue weighted by Crippen LogP contribution is 2.39. The summed E-state index contributed by atoms with van der Waals surface area (Å²) in [6.07, 6.45) is -5.70. The van der Waals surface area contributed by atoms with Crippen LogP contribution in [0.25, 0.3) is 11.3 Å². The van der Waals surface area contributed by atoms with Crippen molar-refractivity contribution in [2.45, 2.75) is 72.2 Å². The number of nitriles is 1. The molecule has 5 atom stereocenters. The molecule has 2 aromatic heterocycles. The zero-order chi connectivity index (χ0) is 30.6. The van der Waals surface area contributed by atoms with E-state index in [1.54, 1.807) is 12.1 Å². The summed E-state index contributed by atoms with van der Waals surface area (Å²) in [6.45, 7) is 6.81. The summed E-state index contributed by atoms with van der Waals surface area (Å²) < 4.78 is 34.4. The van der Waals surface area contributed by atoms with Gasteiger partial charge >= 0.3 is 23.9 Å². The quantitative estimate of drug-likeness (QED) is 0.191. The first-order chi connectivity index (χ1) is 19.3. The van der Waals surface area contributed by atoms with E-state index in [1.807, 2.05) is 6.07 Å². The molecule has 1 fully saturated rings. The highest BCUT2D eigenvalue weighted by Gasteiger charge is 2.53. The van der Waals surface area contributed by atoms with Gasteiger partial charge in [-0.2, -0.15) is 5.26 Å². The van der Waals surface area contributed by atoms with E-state index in [2.05, 4.69) is 0 Å². The number of rotatable bonds is 8. The lowest BCUT2D eigenvalue weighted by Crippen LogP contribution is -2.60. The lowest BCUT2D eigenvalue weighted by Gasteiger charge is -2.45. The number of nitrogens with zero attached hydrogens (tertiary/aromatic N) is 2. The SMILES string of the molecule is CC(=O)OC[C@@H]1O[C@@H](n2c(C)c(C(C)=O)c(-c3ccco3)c(C#N)c2=S)[C@H](OC(C)=O)[C@H](OC(C)=O)[C@@H]1OC(C)=O. The maximum absolute atomic E-state index is 13.0. The Labute approximate surface area is 239 Å². The Balaban J connectivity index is 2.37. The number of carbonyl (C=O) groups is 5. The fraction of sp³-hybridized carbons (Fsp3) is 0.444. The van der Waals surface area contributed by atoms with E-state index in [0.29, 0.717) is 0 Å². The van der Waals surface area contributed by atoms with Crippen LogP contribution in [0.4, 0.5) is 0 Å². The number of ketones is 1. The molecule has 0 radical (unpaired) electrons. The fourth-order valence-electron chi connectivity index (χ4n) is 4.73. The van der Waals surface area contributed by atoms with Gasteiger partial charge in [0, 0.05) is 39.0 Å². The minimum atomic E-state index is -1.50. The third kappa shape index (κ3) is 6.69. The van der Waals surface area contributed by atoms with E-state index >= 15 is 0 Å². The van der Waals surface area contributed by atoms with Crippen LogP contribution in [0.3, 0.4) is 0 Å². The van der Waals surface area contributed by atoms with Gasteiger partial charge in [-0.25, -0.2) is 0 Å². The minimum absolute atomic E-state index is 0.0676. The Morgan fingerprint density at radius 2 is 1.54 bits per heavy atom. The zero-order valence-electron chi connectivity index (χ0n) is 23.1. The molecule has 2 aromatic rings. The van der Waals surface area contributed by atoms with Crippen LogP contribution >= 0.6 is 12.2 Å². The molecule has 0 aliphatic carbocycles. The van der Waals surface area contributed by atoms with E-state index in [1.165, 1.54) is 24.7 Å². The molecule has 41 heavy (non-hydrogen) atoms. The van der Waals surface area contributed by atoms with Gasteiger partial charge in [0.25, 0.3) is 0 Å². The van der Waals surface area contributed by atoms with E-state index in [-0.39, 0.29) is 32.8 Å². The topological polar surface area (TPSA) is 173 Å². The number of ether oxygens (including phenoxy) is 5. The second-order valence-electron chi connectivity index (χ2n) is 9.12. The number of Topliss-reactive ketones (excluding diaryl/α,β-unsaturated/α-hetero) is 1. The molecule has 218 valence electrons. The van der Waals surface area contributed by atoms with Gasteiger partial charge in [0.1, 0.15) is 29.2 Å². The van der Waals surface area contributed by atoms with Crippen LogP contribution in [0.5, 0.6) is 0 Å². The standard InChI is InChI=1S/C27H28N2O11S/c1-12-21(13(2)30)22(19-8-7-9-35-19)18(10-28)27(41)29(12)26-25(39-17(6)34)24(38-16(5)33)23(37-15(4)32)20(40-26)11-36-14(3)31/h7-9,20,23-26H,11H2,1-6H3/t20-,23+,24+,25+,26+/m0/s1. The number of aromatic nitrogens is 1. The van der Waals surface area contributed by atoms with Crippen LogP contribution in [-0.2, 0) is 42.9 Å². The van der Waals surface area contributed by atoms with Crippen LogP contribution in [0.2, 0.25) is 0 Å². The summed E-state index contributed by atoms with van der Waals surface area (Å²) in [7, 11) is 0. The van der Waals surface area contributed by atoms with Crippen LogP contribution in [0.15, 0.2) is 22.8 Å². The summed E-state index contributed by atoms with van der Waals surface area (Å²) in [6, 6.07) is 5.16. The van der Waals surface area contributed by atoms with Gasteiger partial charge in [-0.3, -0.25) is 24.0 Å². The Morgan fingerprint density at radius 3 is 2.02 bits per heavy atom. The molecule has 0 spiro atoms. The van der Waals surface area contributed by atoms with Gasteiger partial charge < -0.3 is 32.7 Å². The summed E-state index contributed by atoms with van der Waals surface area (Å²) >= 11 is 5.69. The molecular weight excluding hydrogens is 560 g/mol. The number of pyridine rings is 1. The maximum Gasteiger partial charge on any atom is 0.303 e. The van der Waals surface area contributed by atoms with E-state index in [0.717, 1.165) is 27.7 Å². The van der Waals surface area contributed by atoms with Crippen molar-refractivity contribution < 1.29 is 52.1 Å². The van der Waals surface area contributed by atoms with Crippen molar-refractivity contribution >= 4 is 41.9 Å². The smallest absolute Gasteiger partial charge is 0.303 e. The molecule has 0 amide bonds. The van der Waals surface area contributed by atoms with Crippen molar-refractivity contribution in [3.63, 3.8) is 0 Å². The van der Waals surface area contributed by atoms with Crippen molar-refractivity contribution in [1.82, 2.24) is 4.57 Å². The number of esters is 4. The highest BCUT2D eigenvalue weighted by molar-refractivity contribution is 7.71. The molecule has 1 saturated heterocycles. The maximum atomic E-state index is 13.0. The number of carbonyl (C=O) groups excluding carboxylic acids is 5. The fourth-order valence-corrected chi connectivity index (χ4v) is 5.12. The normalized spacial score (nSPS) is 21.7. The number of hydrogen-bond donors (Lipinski definition) is 0. The molecular formula is C27H28N2O11S. The predicted octanol–water partition coefficient (Wildman–Crippen LogP) is 3.12. The summed E-state index contributed by atoms with van der Waals surface area (Å²) in [5.74, 6) is -3.32. The summed E-state index contributed by atoms with van der Waals surface area (Å²) in [5, 5.41) is 10.1. The van der Waals surface area contributed by atoms with Crippen molar-refractivity contribution in [3.8, 4) is 17.4 Å². The van der Waals surface area contributed by atoms with Crippen molar-refractivity contribution in [2.75, 3.05) is 6.61 Å². The lowest BCUT2D eigenvalue weighted by atomic mass is 9.94. The predicted molar refractivity (Wildman–Crippen MR) is 140 cm³/mol. The minimum Gasteiger partial charge on any atom is -0.464 e. The lowest BCUT2D eigenvalue weighted by molar-refractivity contribution is -0.269. The van der Waals surface area contributed by atoms with Gasteiger partial charge in [0.2, 0.25) is 0 Å². The number of furan rings is 1. The Bertz CT molecular complexity index is 1470. The van der Waals surface area contributed by atoms with Crippen LogP contribution in [0.1, 0.15) is 62.5 Å². The Kier molecular flexibility index (Phi) is 9.79. The molecule has 0 bridgehead atoms. The second kappa shape index (κ2) is 12.9. The molecule has 13 nitrogen and oxygen atoms in total. The first-order valence-corrected chi connectivity index (χ1v) is 12.7. The molecule has 1 aliphatic rings. The molecule has 3 heterocycles.